The highest BCUT2D eigenvalue weighted by Crippen LogP contribution is 2.21. The fourth-order valence-electron chi connectivity index (χ4n) is 3.33. The van der Waals surface area contributed by atoms with Crippen molar-refractivity contribution in [2.24, 2.45) is 5.92 Å². The average molecular weight is 368 g/mol. The van der Waals surface area contributed by atoms with Gasteiger partial charge < -0.3 is 14.8 Å². The van der Waals surface area contributed by atoms with Gasteiger partial charge in [-0.3, -0.25) is 9.59 Å². The van der Waals surface area contributed by atoms with E-state index in [4.69, 9.17) is 0 Å². The van der Waals surface area contributed by atoms with Crippen LogP contribution >= 0.6 is 0 Å². The first kappa shape index (κ1) is 18.8. The SMILES string of the molecule is CC(C)CN1CCN(C(=O)c2cccc(-c3cnc(=O)[nH]c3)c2)[C@@H](C)C1=O. The number of aromatic amines is 1. The summed E-state index contributed by atoms with van der Waals surface area (Å²) in [6, 6.07) is 6.65. The summed E-state index contributed by atoms with van der Waals surface area (Å²) in [5, 5.41) is 0. The van der Waals surface area contributed by atoms with Gasteiger partial charge in [0, 0.05) is 43.2 Å². The van der Waals surface area contributed by atoms with Crippen molar-refractivity contribution in [3.05, 3.63) is 52.7 Å². The van der Waals surface area contributed by atoms with Crippen LogP contribution in [0.5, 0.6) is 0 Å². The van der Waals surface area contributed by atoms with Crippen molar-refractivity contribution in [3.8, 4) is 11.1 Å². The van der Waals surface area contributed by atoms with Gasteiger partial charge >= 0.3 is 5.69 Å². The largest absolute Gasteiger partial charge is 0.344 e. The van der Waals surface area contributed by atoms with Crippen LogP contribution in [0.25, 0.3) is 11.1 Å². The van der Waals surface area contributed by atoms with E-state index in [0.717, 1.165) is 11.1 Å². The summed E-state index contributed by atoms with van der Waals surface area (Å²) in [5.74, 6) is 0.217. The van der Waals surface area contributed by atoms with Gasteiger partial charge in [-0.25, -0.2) is 9.78 Å². The summed E-state index contributed by atoms with van der Waals surface area (Å²) >= 11 is 0. The molecule has 2 aromatic rings. The molecule has 3 rings (SSSR count). The lowest BCUT2D eigenvalue weighted by Gasteiger charge is -2.39. The summed E-state index contributed by atoms with van der Waals surface area (Å²) in [6.07, 6.45) is 3.04. The first-order chi connectivity index (χ1) is 12.9. The van der Waals surface area contributed by atoms with E-state index in [1.54, 1.807) is 36.2 Å². The van der Waals surface area contributed by atoms with Crippen molar-refractivity contribution >= 4 is 11.8 Å². The number of nitrogens with zero attached hydrogens (tertiary/aromatic N) is 3. The van der Waals surface area contributed by atoms with E-state index in [1.807, 2.05) is 11.0 Å². The number of nitrogens with one attached hydrogen (secondary N) is 1. The highest BCUT2D eigenvalue weighted by Gasteiger charge is 2.34. The molecule has 142 valence electrons. The van der Waals surface area contributed by atoms with Gasteiger partial charge in [-0.2, -0.15) is 0 Å². The zero-order valence-electron chi connectivity index (χ0n) is 15.8. The Morgan fingerprint density at radius 2 is 2.04 bits per heavy atom. The van der Waals surface area contributed by atoms with Crippen LogP contribution in [0.2, 0.25) is 0 Å². The van der Waals surface area contributed by atoms with E-state index in [1.165, 1.54) is 6.20 Å². The summed E-state index contributed by atoms with van der Waals surface area (Å²) < 4.78 is 0. The van der Waals surface area contributed by atoms with Crippen molar-refractivity contribution in [1.29, 1.82) is 0 Å². The zero-order valence-corrected chi connectivity index (χ0v) is 15.8. The third-order valence-electron chi connectivity index (χ3n) is 4.71. The molecule has 1 saturated heterocycles. The molecule has 1 N–H and O–H groups in total. The molecule has 1 aromatic heterocycles. The number of amides is 2. The van der Waals surface area contributed by atoms with Crippen molar-refractivity contribution < 1.29 is 9.59 Å². The molecule has 0 bridgehead atoms. The van der Waals surface area contributed by atoms with Gasteiger partial charge in [0.1, 0.15) is 6.04 Å². The quantitative estimate of drug-likeness (QED) is 0.891. The van der Waals surface area contributed by atoms with E-state index >= 15 is 0 Å². The summed E-state index contributed by atoms with van der Waals surface area (Å²) in [7, 11) is 0. The van der Waals surface area contributed by atoms with Crippen LogP contribution in [0.3, 0.4) is 0 Å². The maximum absolute atomic E-state index is 13.0. The van der Waals surface area contributed by atoms with Gasteiger partial charge in [-0.15, -0.1) is 0 Å². The molecule has 1 aliphatic rings. The summed E-state index contributed by atoms with van der Waals surface area (Å²) in [5.41, 5.74) is 1.59. The van der Waals surface area contributed by atoms with Crippen LogP contribution in [0.15, 0.2) is 41.5 Å². The maximum Gasteiger partial charge on any atom is 0.344 e. The van der Waals surface area contributed by atoms with E-state index in [2.05, 4.69) is 23.8 Å². The number of aromatic nitrogens is 2. The summed E-state index contributed by atoms with van der Waals surface area (Å²) in [6.45, 7) is 7.71. The van der Waals surface area contributed by atoms with E-state index in [9.17, 15) is 14.4 Å². The van der Waals surface area contributed by atoms with Crippen LogP contribution in [-0.2, 0) is 4.79 Å². The summed E-state index contributed by atoms with van der Waals surface area (Å²) in [4.78, 5) is 46.5. The topological polar surface area (TPSA) is 86.4 Å². The van der Waals surface area contributed by atoms with E-state index in [-0.39, 0.29) is 11.8 Å². The Kier molecular flexibility index (Phi) is 5.39. The fraction of sp³-hybridized carbons (Fsp3) is 0.400. The number of carbonyl (C=O) groups is 2. The second-order valence-electron chi connectivity index (χ2n) is 7.24. The Hall–Kier alpha value is -2.96. The Labute approximate surface area is 158 Å². The zero-order chi connectivity index (χ0) is 19.6. The molecule has 1 aliphatic heterocycles. The molecule has 2 heterocycles. The number of H-pyrrole nitrogens is 1. The molecule has 0 aliphatic carbocycles. The van der Waals surface area contributed by atoms with Gasteiger partial charge in [-0.05, 0) is 30.5 Å². The van der Waals surface area contributed by atoms with Gasteiger partial charge in [0.05, 0.1) is 0 Å². The molecule has 7 heteroatoms. The predicted octanol–water partition coefficient (Wildman–Crippen LogP) is 1.77. The highest BCUT2D eigenvalue weighted by molar-refractivity contribution is 5.99. The second-order valence-corrected chi connectivity index (χ2v) is 7.24. The number of hydrogen-bond acceptors (Lipinski definition) is 4. The minimum absolute atomic E-state index is 0.00992. The molecular weight excluding hydrogens is 344 g/mol. The van der Waals surface area contributed by atoms with Crippen LogP contribution in [0.1, 0.15) is 31.1 Å². The third kappa shape index (κ3) is 4.07. The molecule has 2 amide bonds. The lowest BCUT2D eigenvalue weighted by atomic mass is 10.0. The first-order valence-corrected chi connectivity index (χ1v) is 9.11. The molecule has 1 fully saturated rings. The van der Waals surface area contributed by atoms with Crippen LogP contribution in [0, 0.1) is 5.92 Å². The van der Waals surface area contributed by atoms with Crippen molar-refractivity contribution in [1.82, 2.24) is 19.8 Å². The normalized spacial score (nSPS) is 17.5. The fourth-order valence-corrected chi connectivity index (χ4v) is 3.33. The lowest BCUT2D eigenvalue weighted by Crippen LogP contribution is -2.58. The van der Waals surface area contributed by atoms with Crippen LogP contribution in [0.4, 0.5) is 0 Å². The number of hydrogen-bond donors (Lipinski definition) is 1. The Morgan fingerprint density at radius 3 is 2.70 bits per heavy atom. The second kappa shape index (κ2) is 7.73. The molecular formula is C20H24N4O3. The molecule has 1 aromatic carbocycles. The number of benzene rings is 1. The Morgan fingerprint density at radius 1 is 1.26 bits per heavy atom. The van der Waals surface area contributed by atoms with Gasteiger partial charge in [0.15, 0.2) is 0 Å². The molecule has 0 saturated carbocycles. The Balaban J connectivity index is 1.80. The average Bonchev–Trinajstić information content (AvgIpc) is 2.65. The Bertz CT molecular complexity index is 886. The maximum atomic E-state index is 13.0. The van der Waals surface area contributed by atoms with E-state index < -0.39 is 11.7 Å². The number of piperazine rings is 1. The molecule has 27 heavy (non-hydrogen) atoms. The first-order valence-electron chi connectivity index (χ1n) is 9.11. The van der Waals surface area contributed by atoms with Crippen molar-refractivity contribution in [3.63, 3.8) is 0 Å². The molecule has 0 spiro atoms. The van der Waals surface area contributed by atoms with Gasteiger partial charge in [-0.1, -0.05) is 26.0 Å². The van der Waals surface area contributed by atoms with E-state index in [0.29, 0.717) is 31.1 Å². The predicted molar refractivity (Wildman–Crippen MR) is 102 cm³/mol. The molecule has 7 nitrogen and oxygen atoms in total. The van der Waals surface area contributed by atoms with Gasteiger partial charge in [0.25, 0.3) is 5.91 Å². The lowest BCUT2D eigenvalue weighted by molar-refractivity contribution is -0.140. The monoisotopic (exact) mass is 368 g/mol. The van der Waals surface area contributed by atoms with Gasteiger partial charge in [0.2, 0.25) is 5.91 Å². The minimum atomic E-state index is -0.483. The van der Waals surface area contributed by atoms with Crippen molar-refractivity contribution in [2.45, 2.75) is 26.8 Å². The number of carbonyl (C=O) groups excluding carboxylic acids is 2. The third-order valence-corrected chi connectivity index (χ3v) is 4.71. The smallest absolute Gasteiger partial charge is 0.339 e. The number of rotatable bonds is 4. The molecule has 1 atom stereocenters. The van der Waals surface area contributed by atoms with Crippen molar-refractivity contribution in [2.75, 3.05) is 19.6 Å². The standard InChI is InChI=1S/C20H24N4O3/c1-13(2)12-23-7-8-24(14(3)18(23)25)19(26)16-6-4-5-15(9-16)17-10-21-20(27)22-11-17/h4-6,9-11,13-14H,7-8,12H2,1-3H3,(H,21,22,27)/t14-/m0/s1. The van der Waals surface area contributed by atoms with Crippen LogP contribution < -0.4 is 5.69 Å². The van der Waals surface area contributed by atoms with Crippen LogP contribution in [-0.4, -0.2) is 57.3 Å². The molecule has 0 unspecified atom stereocenters. The minimum Gasteiger partial charge on any atom is -0.339 e. The molecule has 0 radical (unpaired) electrons. The highest BCUT2D eigenvalue weighted by atomic mass is 16.2.